The number of hydrogen-bond acceptors (Lipinski definition) is 5. The van der Waals surface area contributed by atoms with Crippen LogP contribution >= 0.6 is 0 Å². The van der Waals surface area contributed by atoms with E-state index in [4.69, 9.17) is 0 Å². The highest BCUT2D eigenvalue weighted by Crippen LogP contribution is 2.22. The molecule has 0 bridgehead atoms. The van der Waals surface area contributed by atoms with E-state index in [1.54, 1.807) is 18.2 Å². The Morgan fingerprint density at radius 2 is 1.95 bits per heavy atom. The van der Waals surface area contributed by atoms with E-state index >= 15 is 0 Å². The van der Waals surface area contributed by atoms with Gasteiger partial charge in [0.05, 0.1) is 10.7 Å². The summed E-state index contributed by atoms with van der Waals surface area (Å²) in [6.07, 6.45) is 1.43. The van der Waals surface area contributed by atoms with Crippen LogP contribution in [0.1, 0.15) is 19.8 Å². The first-order chi connectivity index (χ1) is 9.46. The molecule has 0 aliphatic carbocycles. The number of nitro groups is 1. The van der Waals surface area contributed by atoms with E-state index < -0.39 is 14.9 Å². The summed E-state index contributed by atoms with van der Waals surface area (Å²) in [4.78, 5) is 10.3. The van der Waals surface area contributed by atoms with Gasteiger partial charge in [-0.1, -0.05) is 25.5 Å². The molecular weight excluding hydrogens is 282 g/mol. The Hall–Kier alpha value is -1.67. The molecule has 2 N–H and O–H groups in total. The molecule has 112 valence electrons. The second-order valence-electron chi connectivity index (χ2n) is 4.27. The third kappa shape index (κ3) is 5.54. The van der Waals surface area contributed by atoms with Gasteiger partial charge in [0.15, 0.2) is 0 Å². The number of nitrogens with zero attached hydrogens (tertiary/aromatic N) is 1. The molecule has 20 heavy (non-hydrogen) atoms. The molecule has 0 fully saturated rings. The predicted molar refractivity (Wildman–Crippen MR) is 78.3 cm³/mol. The van der Waals surface area contributed by atoms with Gasteiger partial charge in [0.2, 0.25) is 10.0 Å². The molecule has 8 heteroatoms. The Balaban J connectivity index is 2.44. The monoisotopic (exact) mass is 301 g/mol. The van der Waals surface area contributed by atoms with Crippen molar-refractivity contribution in [3.63, 3.8) is 0 Å². The first-order valence-electron chi connectivity index (χ1n) is 6.41. The number of nitrogens with one attached hydrogen (secondary N) is 2. The number of sulfonamides is 1. The van der Waals surface area contributed by atoms with Gasteiger partial charge in [-0.05, 0) is 12.5 Å². The van der Waals surface area contributed by atoms with Crippen LogP contribution in [0.2, 0.25) is 0 Å². The van der Waals surface area contributed by atoms with Gasteiger partial charge in [-0.15, -0.1) is 0 Å². The van der Waals surface area contributed by atoms with Crippen LogP contribution in [0.5, 0.6) is 0 Å². The van der Waals surface area contributed by atoms with E-state index in [1.807, 2.05) is 6.92 Å². The van der Waals surface area contributed by atoms with E-state index in [0.717, 1.165) is 6.42 Å². The standard InChI is InChI=1S/C12H19N3O4S/c1-2-3-10-20(18,19)14-9-8-13-11-6-4-5-7-12(11)15(16)17/h4-7,13-14H,2-3,8-10H2,1H3. The molecule has 7 nitrogen and oxygen atoms in total. The van der Waals surface area contributed by atoms with Crippen LogP contribution in [0.3, 0.4) is 0 Å². The van der Waals surface area contributed by atoms with Crippen molar-refractivity contribution in [2.45, 2.75) is 19.8 Å². The third-order valence-corrected chi connectivity index (χ3v) is 4.10. The van der Waals surface area contributed by atoms with Crippen LogP contribution in [0.25, 0.3) is 0 Å². The second kappa shape index (κ2) is 7.81. The largest absolute Gasteiger partial charge is 0.378 e. The lowest BCUT2D eigenvalue weighted by atomic mass is 10.2. The number of para-hydroxylation sites is 2. The van der Waals surface area contributed by atoms with Crippen LogP contribution in [0.4, 0.5) is 11.4 Å². The van der Waals surface area contributed by atoms with Gasteiger partial charge in [-0.25, -0.2) is 13.1 Å². The van der Waals surface area contributed by atoms with Crippen molar-refractivity contribution in [3.8, 4) is 0 Å². The Morgan fingerprint density at radius 1 is 1.25 bits per heavy atom. The van der Waals surface area contributed by atoms with Gasteiger partial charge in [0, 0.05) is 19.2 Å². The summed E-state index contributed by atoms with van der Waals surface area (Å²) in [6, 6.07) is 6.25. The maximum Gasteiger partial charge on any atom is 0.292 e. The molecule has 0 atom stereocenters. The number of rotatable bonds is 9. The normalized spacial score (nSPS) is 11.2. The molecule has 1 aromatic rings. The Morgan fingerprint density at radius 3 is 2.60 bits per heavy atom. The minimum absolute atomic E-state index is 0.0265. The van der Waals surface area contributed by atoms with Gasteiger partial charge in [0.25, 0.3) is 5.69 Å². The van der Waals surface area contributed by atoms with Crippen LogP contribution in [0.15, 0.2) is 24.3 Å². The van der Waals surface area contributed by atoms with Gasteiger partial charge in [0.1, 0.15) is 5.69 Å². The number of nitro benzene ring substituents is 1. The highest BCUT2D eigenvalue weighted by atomic mass is 32.2. The summed E-state index contributed by atoms with van der Waals surface area (Å²) < 4.78 is 25.5. The Bertz CT molecular complexity index is 545. The van der Waals surface area contributed by atoms with Gasteiger partial charge in [-0.2, -0.15) is 0 Å². The lowest BCUT2D eigenvalue weighted by Crippen LogP contribution is -2.30. The quantitative estimate of drug-likeness (QED) is 0.411. The lowest BCUT2D eigenvalue weighted by Gasteiger charge is -2.08. The van der Waals surface area contributed by atoms with Crippen LogP contribution in [-0.2, 0) is 10.0 Å². The van der Waals surface area contributed by atoms with Gasteiger partial charge < -0.3 is 5.32 Å². The first kappa shape index (κ1) is 16.4. The van der Waals surface area contributed by atoms with E-state index in [2.05, 4.69) is 10.0 Å². The van der Waals surface area contributed by atoms with Crippen molar-refractivity contribution < 1.29 is 13.3 Å². The third-order valence-electron chi connectivity index (χ3n) is 2.63. The van der Waals surface area contributed by atoms with Gasteiger partial charge >= 0.3 is 0 Å². The van der Waals surface area contributed by atoms with Crippen molar-refractivity contribution >= 4 is 21.4 Å². The van der Waals surface area contributed by atoms with E-state index in [1.165, 1.54) is 6.07 Å². The second-order valence-corrected chi connectivity index (χ2v) is 6.19. The summed E-state index contributed by atoms with van der Waals surface area (Å²) in [5.41, 5.74) is 0.353. The summed E-state index contributed by atoms with van der Waals surface area (Å²) in [6.45, 7) is 2.40. The van der Waals surface area contributed by atoms with Gasteiger partial charge in [-0.3, -0.25) is 10.1 Å². The molecule has 0 aliphatic rings. The highest BCUT2D eigenvalue weighted by Gasteiger charge is 2.12. The van der Waals surface area contributed by atoms with Crippen molar-refractivity contribution in [3.05, 3.63) is 34.4 Å². The molecule has 0 saturated carbocycles. The number of benzene rings is 1. The zero-order valence-corrected chi connectivity index (χ0v) is 12.1. The van der Waals surface area contributed by atoms with E-state index in [-0.39, 0.29) is 24.5 Å². The average molecular weight is 301 g/mol. The molecule has 0 radical (unpaired) electrons. The Labute approximate surface area is 118 Å². The highest BCUT2D eigenvalue weighted by molar-refractivity contribution is 7.89. The molecule has 1 rings (SSSR count). The van der Waals surface area contributed by atoms with Crippen molar-refractivity contribution in [1.82, 2.24) is 4.72 Å². The number of hydrogen-bond donors (Lipinski definition) is 2. The van der Waals surface area contributed by atoms with Crippen molar-refractivity contribution in [2.24, 2.45) is 0 Å². The smallest absolute Gasteiger partial charge is 0.292 e. The molecule has 0 heterocycles. The predicted octanol–water partition coefficient (Wildman–Crippen LogP) is 1.73. The Kier molecular flexibility index (Phi) is 6.40. The van der Waals surface area contributed by atoms with E-state index in [0.29, 0.717) is 12.1 Å². The molecule has 0 amide bonds. The number of unbranched alkanes of at least 4 members (excludes halogenated alkanes) is 1. The minimum Gasteiger partial charge on any atom is -0.378 e. The molecule has 0 aromatic heterocycles. The van der Waals surface area contributed by atoms with Crippen molar-refractivity contribution in [2.75, 3.05) is 24.2 Å². The molecule has 0 saturated heterocycles. The zero-order chi connectivity index (χ0) is 15.0. The first-order valence-corrected chi connectivity index (χ1v) is 8.06. The molecule has 0 unspecified atom stereocenters. The summed E-state index contributed by atoms with van der Waals surface area (Å²) >= 11 is 0. The molecular formula is C12H19N3O4S. The maximum absolute atomic E-state index is 11.5. The fourth-order valence-electron chi connectivity index (χ4n) is 1.59. The average Bonchev–Trinajstić information content (AvgIpc) is 2.42. The van der Waals surface area contributed by atoms with E-state index in [9.17, 15) is 18.5 Å². The zero-order valence-electron chi connectivity index (χ0n) is 11.3. The fraction of sp³-hybridized carbons (Fsp3) is 0.500. The summed E-state index contributed by atoms with van der Waals surface area (Å²) in [5.74, 6) is 0.106. The van der Waals surface area contributed by atoms with Crippen LogP contribution in [0, 0.1) is 10.1 Å². The fourth-order valence-corrected chi connectivity index (χ4v) is 2.82. The maximum atomic E-state index is 11.5. The topological polar surface area (TPSA) is 101 Å². The minimum atomic E-state index is -3.25. The SMILES string of the molecule is CCCCS(=O)(=O)NCCNc1ccccc1[N+](=O)[O-]. The molecule has 0 spiro atoms. The van der Waals surface area contributed by atoms with Crippen LogP contribution < -0.4 is 10.0 Å². The molecule has 0 aliphatic heterocycles. The van der Waals surface area contributed by atoms with Crippen molar-refractivity contribution in [1.29, 1.82) is 0 Å². The van der Waals surface area contributed by atoms with Crippen LogP contribution in [-0.4, -0.2) is 32.2 Å². The lowest BCUT2D eigenvalue weighted by molar-refractivity contribution is -0.384. The molecule has 1 aromatic carbocycles. The number of anilines is 1. The summed E-state index contributed by atoms with van der Waals surface area (Å²) in [5, 5.41) is 13.6. The summed E-state index contributed by atoms with van der Waals surface area (Å²) in [7, 11) is -3.25.